The molecule has 6 heteroatoms. The van der Waals surface area contributed by atoms with Gasteiger partial charge in [0.25, 0.3) is 0 Å². The number of amides is 2. The standard InChI is InChI=1S/C14H21N3O3/c1-4-15-14(19)10(2)16-9-13(18)17-11-7-5-6-8-12(11)20-3/h5-8,10,16H,4,9H2,1-3H3,(H,15,19)(H,17,18). The number of ether oxygens (including phenoxy) is 1. The highest BCUT2D eigenvalue weighted by Gasteiger charge is 2.13. The summed E-state index contributed by atoms with van der Waals surface area (Å²) < 4.78 is 5.14. The lowest BCUT2D eigenvalue weighted by molar-refractivity contribution is -0.122. The molecule has 0 saturated heterocycles. The molecule has 0 spiro atoms. The van der Waals surface area contributed by atoms with E-state index in [1.54, 1.807) is 26.2 Å². The smallest absolute Gasteiger partial charge is 0.238 e. The summed E-state index contributed by atoms with van der Waals surface area (Å²) in [5.74, 6) is 0.237. The van der Waals surface area contributed by atoms with Gasteiger partial charge >= 0.3 is 0 Å². The van der Waals surface area contributed by atoms with Crippen LogP contribution < -0.4 is 20.7 Å². The van der Waals surface area contributed by atoms with E-state index in [2.05, 4.69) is 16.0 Å². The van der Waals surface area contributed by atoms with Gasteiger partial charge in [0.05, 0.1) is 25.4 Å². The van der Waals surface area contributed by atoms with Gasteiger partial charge in [-0.15, -0.1) is 0 Å². The second-order valence-corrected chi connectivity index (χ2v) is 4.25. The van der Waals surface area contributed by atoms with Crippen LogP contribution in [-0.2, 0) is 9.59 Å². The normalized spacial score (nSPS) is 11.6. The lowest BCUT2D eigenvalue weighted by Gasteiger charge is -2.14. The van der Waals surface area contributed by atoms with Crippen molar-refractivity contribution in [2.75, 3.05) is 25.5 Å². The van der Waals surface area contributed by atoms with Crippen molar-refractivity contribution < 1.29 is 14.3 Å². The average molecular weight is 279 g/mol. The number of hydrogen-bond acceptors (Lipinski definition) is 4. The van der Waals surface area contributed by atoms with Gasteiger partial charge in [-0.3, -0.25) is 14.9 Å². The number of para-hydroxylation sites is 2. The van der Waals surface area contributed by atoms with Gasteiger partial charge in [0.1, 0.15) is 5.75 Å². The third-order valence-electron chi connectivity index (χ3n) is 2.69. The topological polar surface area (TPSA) is 79.5 Å². The van der Waals surface area contributed by atoms with Crippen LogP contribution in [0.4, 0.5) is 5.69 Å². The number of likely N-dealkylation sites (N-methyl/N-ethyl adjacent to an activating group) is 1. The molecule has 1 unspecified atom stereocenters. The van der Waals surface area contributed by atoms with Crippen molar-refractivity contribution in [1.82, 2.24) is 10.6 Å². The van der Waals surface area contributed by atoms with E-state index in [-0.39, 0.29) is 18.4 Å². The molecule has 1 aromatic carbocycles. The predicted molar refractivity (Wildman–Crippen MR) is 77.8 cm³/mol. The van der Waals surface area contributed by atoms with E-state index in [4.69, 9.17) is 4.74 Å². The van der Waals surface area contributed by atoms with Gasteiger partial charge in [0, 0.05) is 6.54 Å². The van der Waals surface area contributed by atoms with Gasteiger partial charge in [0.2, 0.25) is 11.8 Å². The van der Waals surface area contributed by atoms with E-state index < -0.39 is 6.04 Å². The Bertz CT molecular complexity index is 463. The summed E-state index contributed by atoms with van der Waals surface area (Å²) in [5.41, 5.74) is 0.604. The van der Waals surface area contributed by atoms with E-state index in [0.717, 1.165) is 0 Å². The summed E-state index contributed by atoms with van der Waals surface area (Å²) >= 11 is 0. The van der Waals surface area contributed by atoms with Crippen LogP contribution in [-0.4, -0.2) is 38.1 Å². The quantitative estimate of drug-likeness (QED) is 0.688. The maximum Gasteiger partial charge on any atom is 0.238 e. The van der Waals surface area contributed by atoms with Crippen LogP contribution in [0.1, 0.15) is 13.8 Å². The van der Waals surface area contributed by atoms with Crippen molar-refractivity contribution >= 4 is 17.5 Å². The van der Waals surface area contributed by atoms with Gasteiger partial charge in [-0.1, -0.05) is 12.1 Å². The molecule has 0 bridgehead atoms. The number of benzene rings is 1. The molecule has 1 rings (SSSR count). The largest absolute Gasteiger partial charge is 0.495 e. The highest BCUT2D eigenvalue weighted by molar-refractivity contribution is 5.94. The zero-order chi connectivity index (χ0) is 15.0. The van der Waals surface area contributed by atoms with Crippen molar-refractivity contribution in [2.24, 2.45) is 0 Å². The van der Waals surface area contributed by atoms with Crippen LogP contribution in [0.25, 0.3) is 0 Å². The molecule has 6 nitrogen and oxygen atoms in total. The molecule has 20 heavy (non-hydrogen) atoms. The number of carbonyl (C=O) groups is 2. The van der Waals surface area contributed by atoms with E-state index >= 15 is 0 Å². The monoisotopic (exact) mass is 279 g/mol. The van der Waals surface area contributed by atoms with Gasteiger partial charge in [0.15, 0.2) is 0 Å². The summed E-state index contributed by atoms with van der Waals surface area (Å²) in [7, 11) is 1.54. The Kier molecular flexibility index (Phi) is 6.52. The lowest BCUT2D eigenvalue weighted by atomic mass is 10.3. The second kappa shape index (κ2) is 8.16. The fourth-order valence-electron chi connectivity index (χ4n) is 1.61. The van der Waals surface area contributed by atoms with Crippen molar-refractivity contribution in [2.45, 2.75) is 19.9 Å². The Balaban J connectivity index is 2.46. The number of nitrogens with one attached hydrogen (secondary N) is 3. The van der Waals surface area contributed by atoms with E-state index in [1.807, 2.05) is 19.1 Å². The first-order chi connectivity index (χ1) is 9.58. The fraction of sp³-hybridized carbons (Fsp3) is 0.429. The first kappa shape index (κ1) is 16.0. The molecule has 0 saturated carbocycles. The van der Waals surface area contributed by atoms with Crippen molar-refractivity contribution in [3.05, 3.63) is 24.3 Å². The number of methoxy groups -OCH3 is 1. The predicted octanol–water partition coefficient (Wildman–Crippen LogP) is 0.748. The van der Waals surface area contributed by atoms with Gasteiger partial charge in [-0.25, -0.2) is 0 Å². The van der Waals surface area contributed by atoms with Crippen LogP contribution in [0.2, 0.25) is 0 Å². The third-order valence-corrected chi connectivity index (χ3v) is 2.69. The summed E-state index contributed by atoms with van der Waals surface area (Å²) in [4.78, 5) is 23.3. The molecule has 0 aliphatic carbocycles. The molecule has 3 N–H and O–H groups in total. The summed E-state index contributed by atoms with van der Waals surface area (Å²) in [5, 5.41) is 8.27. The molecular weight excluding hydrogens is 258 g/mol. The zero-order valence-electron chi connectivity index (χ0n) is 12.0. The Morgan fingerprint density at radius 3 is 2.65 bits per heavy atom. The van der Waals surface area contributed by atoms with Crippen molar-refractivity contribution in [1.29, 1.82) is 0 Å². The van der Waals surface area contributed by atoms with Gasteiger partial charge in [-0.2, -0.15) is 0 Å². The molecule has 0 radical (unpaired) electrons. The minimum atomic E-state index is -0.418. The summed E-state index contributed by atoms with van der Waals surface area (Å²) in [6.07, 6.45) is 0. The highest BCUT2D eigenvalue weighted by Crippen LogP contribution is 2.22. The third kappa shape index (κ3) is 4.89. The molecular formula is C14H21N3O3. The SMILES string of the molecule is CCNC(=O)C(C)NCC(=O)Nc1ccccc1OC. The highest BCUT2D eigenvalue weighted by atomic mass is 16.5. The molecule has 0 fully saturated rings. The van der Waals surface area contributed by atoms with Crippen LogP contribution in [0.5, 0.6) is 5.75 Å². The van der Waals surface area contributed by atoms with Gasteiger partial charge in [-0.05, 0) is 26.0 Å². The second-order valence-electron chi connectivity index (χ2n) is 4.25. The molecule has 2 amide bonds. The Morgan fingerprint density at radius 1 is 1.30 bits per heavy atom. The Labute approximate surface area is 118 Å². The summed E-state index contributed by atoms with van der Waals surface area (Å²) in [6, 6.07) is 6.73. The molecule has 110 valence electrons. The minimum absolute atomic E-state index is 0.0519. The Hall–Kier alpha value is -2.08. The van der Waals surface area contributed by atoms with E-state index in [0.29, 0.717) is 18.0 Å². The molecule has 0 aromatic heterocycles. The molecule has 1 atom stereocenters. The van der Waals surface area contributed by atoms with Crippen LogP contribution in [0.15, 0.2) is 24.3 Å². The molecule has 0 heterocycles. The maximum atomic E-state index is 11.8. The molecule has 1 aromatic rings. The fourth-order valence-corrected chi connectivity index (χ4v) is 1.61. The van der Waals surface area contributed by atoms with Gasteiger partial charge < -0.3 is 15.4 Å². The maximum absolute atomic E-state index is 11.8. The number of carbonyl (C=O) groups excluding carboxylic acids is 2. The first-order valence-electron chi connectivity index (χ1n) is 6.52. The average Bonchev–Trinajstić information content (AvgIpc) is 2.45. The van der Waals surface area contributed by atoms with Crippen LogP contribution >= 0.6 is 0 Å². The lowest BCUT2D eigenvalue weighted by Crippen LogP contribution is -2.44. The molecule has 0 aliphatic rings. The number of anilines is 1. The number of hydrogen-bond donors (Lipinski definition) is 3. The van der Waals surface area contributed by atoms with Crippen molar-refractivity contribution in [3.8, 4) is 5.75 Å². The van der Waals surface area contributed by atoms with Crippen LogP contribution in [0.3, 0.4) is 0 Å². The molecule has 0 aliphatic heterocycles. The number of rotatable bonds is 7. The summed E-state index contributed by atoms with van der Waals surface area (Å²) in [6.45, 7) is 4.18. The van der Waals surface area contributed by atoms with Crippen molar-refractivity contribution in [3.63, 3.8) is 0 Å². The Morgan fingerprint density at radius 2 is 2.00 bits per heavy atom. The van der Waals surface area contributed by atoms with Crippen LogP contribution in [0, 0.1) is 0 Å². The van der Waals surface area contributed by atoms with E-state index in [1.165, 1.54) is 0 Å². The first-order valence-corrected chi connectivity index (χ1v) is 6.52. The van der Waals surface area contributed by atoms with E-state index in [9.17, 15) is 9.59 Å². The zero-order valence-corrected chi connectivity index (χ0v) is 12.0. The minimum Gasteiger partial charge on any atom is -0.495 e.